The number of hydrogen-bond acceptors (Lipinski definition) is 4. The van der Waals surface area contributed by atoms with Crippen LogP contribution in [-0.2, 0) is 11.3 Å². The number of thioether (sulfide) groups is 1. The van der Waals surface area contributed by atoms with E-state index in [0.29, 0.717) is 19.0 Å². The van der Waals surface area contributed by atoms with Crippen molar-refractivity contribution in [2.24, 2.45) is 0 Å². The van der Waals surface area contributed by atoms with Crippen LogP contribution >= 0.6 is 24.2 Å². The van der Waals surface area contributed by atoms with Crippen LogP contribution in [0.2, 0.25) is 0 Å². The Morgan fingerprint density at radius 2 is 2.26 bits per heavy atom. The summed E-state index contributed by atoms with van der Waals surface area (Å²) >= 11 is 1.81. The summed E-state index contributed by atoms with van der Waals surface area (Å²) in [7, 11) is 0. The lowest BCUT2D eigenvalue weighted by molar-refractivity contribution is -0.134. The number of hydrogen-bond donors (Lipinski definition) is 1. The van der Waals surface area contributed by atoms with Crippen molar-refractivity contribution in [3.8, 4) is 0 Å². The summed E-state index contributed by atoms with van der Waals surface area (Å²) in [6.45, 7) is 2.71. The fourth-order valence-electron chi connectivity index (χ4n) is 2.91. The summed E-state index contributed by atoms with van der Waals surface area (Å²) < 4.78 is 0. The first-order valence-electron chi connectivity index (χ1n) is 8.20. The summed E-state index contributed by atoms with van der Waals surface area (Å²) in [4.78, 5) is 19.2. The van der Waals surface area contributed by atoms with Gasteiger partial charge in [-0.25, -0.2) is 0 Å². The molecule has 2 heterocycles. The van der Waals surface area contributed by atoms with Gasteiger partial charge in [0.2, 0.25) is 5.91 Å². The topological polar surface area (TPSA) is 45.2 Å². The number of aromatic nitrogens is 1. The summed E-state index contributed by atoms with van der Waals surface area (Å²) in [5, 5.41) is 3.43. The van der Waals surface area contributed by atoms with Crippen LogP contribution < -0.4 is 5.32 Å². The summed E-state index contributed by atoms with van der Waals surface area (Å²) in [6, 6.07) is 6.27. The third-order valence-electron chi connectivity index (χ3n) is 4.10. The Morgan fingerprint density at radius 1 is 1.39 bits per heavy atom. The van der Waals surface area contributed by atoms with E-state index in [0.717, 1.165) is 50.2 Å². The minimum atomic E-state index is 0. The van der Waals surface area contributed by atoms with Gasteiger partial charge in [-0.1, -0.05) is 6.07 Å². The number of nitrogens with one attached hydrogen (secondary N) is 1. The Labute approximate surface area is 150 Å². The first-order valence-corrected chi connectivity index (χ1v) is 9.59. The van der Waals surface area contributed by atoms with Gasteiger partial charge in [0.15, 0.2) is 0 Å². The lowest BCUT2D eigenvalue weighted by atomic mass is 10.1. The Bertz CT molecular complexity index is 439. The Kier molecular flexibility index (Phi) is 10.3. The fourth-order valence-corrected chi connectivity index (χ4v) is 3.34. The molecular formula is C17H28ClN3OS. The molecule has 1 amide bonds. The van der Waals surface area contributed by atoms with Crippen molar-refractivity contribution in [3.63, 3.8) is 0 Å². The third kappa shape index (κ3) is 7.10. The van der Waals surface area contributed by atoms with Crippen LogP contribution in [0.5, 0.6) is 0 Å². The van der Waals surface area contributed by atoms with Crippen molar-refractivity contribution in [2.45, 2.75) is 44.7 Å². The molecular weight excluding hydrogens is 330 g/mol. The molecule has 1 atom stereocenters. The van der Waals surface area contributed by atoms with Gasteiger partial charge in [0.25, 0.3) is 0 Å². The highest BCUT2D eigenvalue weighted by atomic mass is 35.5. The van der Waals surface area contributed by atoms with Gasteiger partial charge in [-0.2, -0.15) is 11.8 Å². The van der Waals surface area contributed by atoms with Crippen molar-refractivity contribution in [3.05, 3.63) is 30.1 Å². The van der Waals surface area contributed by atoms with Crippen LogP contribution in [0.4, 0.5) is 0 Å². The van der Waals surface area contributed by atoms with Crippen molar-refractivity contribution in [1.29, 1.82) is 0 Å². The number of carbonyl (C=O) groups is 1. The number of amides is 1. The number of rotatable bonds is 7. The normalized spacial score (nSPS) is 17.9. The molecule has 1 unspecified atom stereocenters. The molecule has 23 heavy (non-hydrogen) atoms. The molecule has 0 saturated carbocycles. The molecule has 1 saturated heterocycles. The van der Waals surface area contributed by atoms with Gasteiger partial charge in [-0.3, -0.25) is 9.78 Å². The van der Waals surface area contributed by atoms with Crippen molar-refractivity contribution in [1.82, 2.24) is 15.2 Å². The van der Waals surface area contributed by atoms with Crippen LogP contribution in [0.3, 0.4) is 0 Å². The van der Waals surface area contributed by atoms with E-state index in [1.165, 1.54) is 0 Å². The Morgan fingerprint density at radius 3 is 3.00 bits per heavy atom. The molecule has 1 aliphatic heterocycles. The first kappa shape index (κ1) is 20.3. The molecule has 0 bridgehead atoms. The average molecular weight is 358 g/mol. The van der Waals surface area contributed by atoms with Gasteiger partial charge in [0, 0.05) is 18.7 Å². The molecule has 1 aromatic heterocycles. The molecule has 0 aliphatic carbocycles. The maximum absolute atomic E-state index is 12.7. The van der Waals surface area contributed by atoms with E-state index >= 15 is 0 Å². The number of pyridine rings is 1. The van der Waals surface area contributed by atoms with Crippen molar-refractivity contribution >= 4 is 30.1 Å². The van der Waals surface area contributed by atoms with E-state index in [1.807, 2.05) is 18.2 Å². The maximum atomic E-state index is 12.7. The minimum absolute atomic E-state index is 0. The summed E-state index contributed by atoms with van der Waals surface area (Å²) in [6.07, 6.45) is 8.78. The monoisotopic (exact) mass is 357 g/mol. The minimum Gasteiger partial charge on any atom is -0.334 e. The molecule has 1 N–H and O–H groups in total. The van der Waals surface area contributed by atoms with E-state index in [-0.39, 0.29) is 18.3 Å². The molecule has 0 aromatic carbocycles. The number of halogens is 1. The van der Waals surface area contributed by atoms with Crippen LogP contribution in [0.1, 0.15) is 37.8 Å². The predicted octanol–water partition coefficient (Wildman–Crippen LogP) is 3.12. The van der Waals surface area contributed by atoms with E-state index in [9.17, 15) is 4.79 Å². The number of nitrogens with zero attached hydrogens (tertiary/aromatic N) is 2. The molecule has 2 rings (SSSR count). The van der Waals surface area contributed by atoms with E-state index in [4.69, 9.17) is 0 Å². The SMILES string of the molecule is CSCCCC(=O)N(Cc1ccccn1)C1CCCNCC1.Cl. The Hall–Kier alpha value is -0.780. The van der Waals surface area contributed by atoms with Gasteiger partial charge >= 0.3 is 0 Å². The molecule has 4 nitrogen and oxygen atoms in total. The highest BCUT2D eigenvalue weighted by Crippen LogP contribution is 2.18. The van der Waals surface area contributed by atoms with Crippen LogP contribution in [0, 0.1) is 0 Å². The molecule has 1 aromatic rings. The zero-order chi connectivity index (χ0) is 15.6. The summed E-state index contributed by atoms with van der Waals surface area (Å²) in [5.41, 5.74) is 0.984. The van der Waals surface area contributed by atoms with Gasteiger partial charge < -0.3 is 10.2 Å². The third-order valence-corrected chi connectivity index (χ3v) is 4.80. The number of carbonyl (C=O) groups excluding carboxylic acids is 1. The summed E-state index contributed by atoms with van der Waals surface area (Å²) in [5.74, 6) is 1.33. The highest BCUT2D eigenvalue weighted by molar-refractivity contribution is 7.98. The van der Waals surface area contributed by atoms with Crippen molar-refractivity contribution in [2.75, 3.05) is 25.1 Å². The van der Waals surface area contributed by atoms with E-state index < -0.39 is 0 Å². The maximum Gasteiger partial charge on any atom is 0.223 e. The van der Waals surface area contributed by atoms with Crippen molar-refractivity contribution < 1.29 is 4.79 Å². The predicted molar refractivity (Wildman–Crippen MR) is 100 cm³/mol. The first-order chi connectivity index (χ1) is 10.8. The van der Waals surface area contributed by atoms with Crippen LogP contribution in [0.15, 0.2) is 24.4 Å². The zero-order valence-electron chi connectivity index (χ0n) is 13.9. The van der Waals surface area contributed by atoms with Crippen LogP contribution in [0.25, 0.3) is 0 Å². The lowest BCUT2D eigenvalue weighted by Gasteiger charge is -2.31. The van der Waals surface area contributed by atoms with E-state index in [2.05, 4.69) is 21.5 Å². The van der Waals surface area contributed by atoms with E-state index in [1.54, 1.807) is 18.0 Å². The molecule has 6 heteroatoms. The smallest absolute Gasteiger partial charge is 0.223 e. The fraction of sp³-hybridized carbons (Fsp3) is 0.647. The second-order valence-corrected chi connectivity index (χ2v) is 6.76. The van der Waals surface area contributed by atoms with Gasteiger partial charge in [-0.05, 0) is 62.9 Å². The quantitative estimate of drug-likeness (QED) is 0.761. The second kappa shape index (κ2) is 11.7. The zero-order valence-corrected chi connectivity index (χ0v) is 15.5. The largest absolute Gasteiger partial charge is 0.334 e. The highest BCUT2D eigenvalue weighted by Gasteiger charge is 2.24. The van der Waals surface area contributed by atoms with Crippen LogP contribution in [-0.4, -0.2) is 46.9 Å². The molecule has 130 valence electrons. The average Bonchev–Trinajstić information content (AvgIpc) is 2.83. The second-order valence-electron chi connectivity index (χ2n) is 5.77. The van der Waals surface area contributed by atoms with Gasteiger partial charge in [0.1, 0.15) is 0 Å². The standard InChI is InChI=1S/C17H27N3OS.ClH/c1-22-13-5-8-17(21)20(14-15-6-2-3-11-19-15)16-7-4-10-18-12-9-16;/h2-3,6,11,16,18H,4-5,7-10,12-14H2,1H3;1H. The Balaban J connectivity index is 0.00000264. The molecule has 0 radical (unpaired) electrons. The van der Waals surface area contributed by atoms with Gasteiger partial charge in [0.05, 0.1) is 12.2 Å². The lowest BCUT2D eigenvalue weighted by Crippen LogP contribution is -2.40. The molecule has 1 aliphatic rings. The van der Waals surface area contributed by atoms with Gasteiger partial charge in [-0.15, -0.1) is 12.4 Å². The molecule has 1 fully saturated rings. The molecule has 0 spiro atoms.